The van der Waals surface area contributed by atoms with Gasteiger partial charge in [-0.2, -0.15) is 0 Å². The number of pyridine rings is 1. The Kier molecular flexibility index (Phi) is 4.14. The third-order valence-electron chi connectivity index (χ3n) is 3.38. The zero-order chi connectivity index (χ0) is 14.0. The number of nitrogens with zero attached hydrogens (tertiary/aromatic N) is 2. The molecule has 0 aliphatic heterocycles. The predicted octanol–water partition coefficient (Wildman–Crippen LogP) is 2.28. The van der Waals surface area contributed by atoms with Crippen molar-refractivity contribution >= 4 is 27.4 Å². The summed E-state index contributed by atoms with van der Waals surface area (Å²) in [6.07, 6.45) is 5.87. The highest BCUT2D eigenvalue weighted by Crippen LogP contribution is 2.25. The molecule has 2 rings (SSSR count). The Balaban J connectivity index is 2.14. The number of Topliss-reactive ketones (excluding diaryl/α,β-unsaturated/α-hetero) is 1. The minimum atomic E-state index is -0.690. The molecular weight excluding hydrogens is 316 g/mol. The van der Waals surface area contributed by atoms with E-state index in [1.165, 1.54) is 12.4 Å². The van der Waals surface area contributed by atoms with Gasteiger partial charge in [-0.25, -0.2) is 0 Å². The van der Waals surface area contributed by atoms with E-state index in [0.29, 0.717) is 19.4 Å². The molecule has 7 heteroatoms. The Labute approximate surface area is 117 Å². The largest absolute Gasteiger partial charge is 0.347 e. The van der Waals surface area contributed by atoms with Crippen molar-refractivity contribution in [2.24, 2.45) is 5.92 Å². The lowest BCUT2D eigenvalue weighted by atomic mass is 10.0. The molecule has 1 aliphatic carbocycles. The van der Waals surface area contributed by atoms with E-state index in [9.17, 15) is 19.7 Å². The van der Waals surface area contributed by atoms with E-state index in [1.54, 1.807) is 4.57 Å². The highest BCUT2D eigenvalue weighted by molar-refractivity contribution is 9.10. The maximum Gasteiger partial charge on any atom is 0.333 e. The van der Waals surface area contributed by atoms with Crippen LogP contribution in [0.15, 0.2) is 21.7 Å². The second-order valence-corrected chi connectivity index (χ2v) is 5.51. The monoisotopic (exact) mass is 328 g/mol. The molecule has 0 N–H and O–H groups in total. The maximum absolute atomic E-state index is 11.5. The Morgan fingerprint density at radius 2 is 2.16 bits per heavy atom. The zero-order valence-electron chi connectivity index (χ0n) is 10.2. The standard InChI is InChI=1S/C12H13BrN2O4/c13-9-6-14(7-10(12(9)17)15(18)19)5-4-8-2-1-3-11(8)16/h6-8H,1-5H2. The van der Waals surface area contributed by atoms with Crippen LogP contribution in [0.5, 0.6) is 0 Å². The van der Waals surface area contributed by atoms with Crippen LogP contribution in [0.25, 0.3) is 0 Å². The van der Waals surface area contributed by atoms with Crippen LogP contribution >= 0.6 is 15.9 Å². The van der Waals surface area contributed by atoms with Gasteiger partial charge in [-0.3, -0.25) is 19.7 Å². The second kappa shape index (κ2) is 5.64. The van der Waals surface area contributed by atoms with Gasteiger partial charge in [0, 0.05) is 25.1 Å². The first-order chi connectivity index (χ1) is 8.99. The normalized spacial score (nSPS) is 18.8. The minimum Gasteiger partial charge on any atom is -0.347 e. The van der Waals surface area contributed by atoms with E-state index in [-0.39, 0.29) is 16.2 Å². The fraction of sp³-hybridized carbons (Fsp3) is 0.500. The summed E-state index contributed by atoms with van der Waals surface area (Å²) in [5, 5.41) is 10.8. The molecule has 0 saturated heterocycles. The first kappa shape index (κ1) is 13.9. The van der Waals surface area contributed by atoms with E-state index in [0.717, 1.165) is 12.8 Å². The molecule has 0 aromatic carbocycles. The molecule has 102 valence electrons. The van der Waals surface area contributed by atoms with Crippen LogP contribution in [0.2, 0.25) is 0 Å². The smallest absolute Gasteiger partial charge is 0.333 e. The Morgan fingerprint density at radius 3 is 2.74 bits per heavy atom. The number of aryl methyl sites for hydroxylation is 1. The summed E-state index contributed by atoms with van der Waals surface area (Å²) in [6.45, 7) is 0.496. The number of halogens is 1. The van der Waals surface area contributed by atoms with E-state index < -0.39 is 16.0 Å². The molecule has 1 saturated carbocycles. The van der Waals surface area contributed by atoms with Crippen molar-refractivity contribution in [3.05, 3.63) is 37.2 Å². The topological polar surface area (TPSA) is 82.2 Å². The number of hydrogen-bond donors (Lipinski definition) is 0. The molecule has 0 radical (unpaired) electrons. The van der Waals surface area contributed by atoms with E-state index in [1.807, 2.05) is 0 Å². The number of ketones is 1. The molecule has 1 fully saturated rings. The van der Waals surface area contributed by atoms with Crippen LogP contribution in [0, 0.1) is 16.0 Å². The van der Waals surface area contributed by atoms with Crippen molar-refractivity contribution in [2.75, 3.05) is 0 Å². The summed E-state index contributed by atoms with van der Waals surface area (Å²) in [4.78, 5) is 33.1. The van der Waals surface area contributed by atoms with E-state index >= 15 is 0 Å². The molecule has 1 unspecified atom stereocenters. The van der Waals surface area contributed by atoms with Gasteiger partial charge in [-0.05, 0) is 35.2 Å². The minimum absolute atomic E-state index is 0.0530. The van der Waals surface area contributed by atoms with Gasteiger partial charge in [-0.15, -0.1) is 0 Å². The fourth-order valence-corrected chi connectivity index (χ4v) is 2.80. The van der Waals surface area contributed by atoms with Crippen molar-refractivity contribution in [3.8, 4) is 0 Å². The highest BCUT2D eigenvalue weighted by Gasteiger charge is 2.24. The quantitative estimate of drug-likeness (QED) is 0.627. The fourth-order valence-electron chi connectivity index (χ4n) is 2.34. The molecule has 1 heterocycles. The van der Waals surface area contributed by atoms with Crippen LogP contribution in [0.1, 0.15) is 25.7 Å². The average Bonchev–Trinajstić information content (AvgIpc) is 2.76. The number of carbonyl (C=O) groups excluding carboxylic acids is 1. The third kappa shape index (κ3) is 3.09. The number of hydrogen-bond acceptors (Lipinski definition) is 4. The van der Waals surface area contributed by atoms with Crippen LogP contribution in [-0.2, 0) is 11.3 Å². The maximum atomic E-state index is 11.5. The Morgan fingerprint density at radius 1 is 1.42 bits per heavy atom. The Bertz CT molecular complexity index is 582. The van der Waals surface area contributed by atoms with Gasteiger partial charge in [0.2, 0.25) is 0 Å². The summed E-state index contributed by atoms with van der Waals surface area (Å²) in [6, 6.07) is 0. The van der Waals surface area contributed by atoms with Crippen molar-refractivity contribution in [3.63, 3.8) is 0 Å². The van der Waals surface area contributed by atoms with Crippen LogP contribution in [0.4, 0.5) is 5.69 Å². The molecule has 19 heavy (non-hydrogen) atoms. The molecular formula is C12H13BrN2O4. The summed E-state index contributed by atoms with van der Waals surface area (Å²) < 4.78 is 1.76. The number of aromatic nitrogens is 1. The second-order valence-electron chi connectivity index (χ2n) is 4.66. The van der Waals surface area contributed by atoms with Crippen molar-refractivity contribution < 1.29 is 9.72 Å². The third-order valence-corrected chi connectivity index (χ3v) is 3.95. The van der Waals surface area contributed by atoms with Gasteiger partial charge >= 0.3 is 5.69 Å². The lowest BCUT2D eigenvalue weighted by Gasteiger charge is -2.10. The van der Waals surface area contributed by atoms with E-state index in [4.69, 9.17) is 0 Å². The molecule has 1 aromatic heterocycles. The summed E-state index contributed by atoms with van der Waals surface area (Å²) in [7, 11) is 0. The molecule has 0 spiro atoms. The molecule has 1 aromatic rings. The lowest BCUT2D eigenvalue weighted by Crippen LogP contribution is -2.15. The van der Waals surface area contributed by atoms with Gasteiger partial charge in [0.15, 0.2) is 0 Å². The first-order valence-corrected chi connectivity index (χ1v) is 6.85. The predicted molar refractivity (Wildman–Crippen MR) is 72.0 cm³/mol. The average molecular weight is 329 g/mol. The van der Waals surface area contributed by atoms with Gasteiger partial charge in [0.25, 0.3) is 5.43 Å². The SMILES string of the molecule is O=C1CCCC1CCn1cc(Br)c(=O)c([N+](=O)[O-])c1. The molecule has 1 aliphatic rings. The zero-order valence-corrected chi connectivity index (χ0v) is 11.8. The highest BCUT2D eigenvalue weighted by atomic mass is 79.9. The molecule has 0 amide bonds. The van der Waals surface area contributed by atoms with Crippen LogP contribution < -0.4 is 5.43 Å². The van der Waals surface area contributed by atoms with Gasteiger partial charge in [-0.1, -0.05) is 0 Å². The van der Waals surface area contributed by atoms with Crippen molar-refractivity contribution in [1.82, 2.24) is 4.57 Å². The van der Waals surface area contributed by atoms with Gasteiger partial charge < -0.3 is 4.57 Å². The van der Waals surface area contributed by atoms with Crippen LogP contribution in [0.3, 0.4) is 0 Å². The lowest BCUT2D eigenvalue weighted by molar-refractivity contribution is -0.386. The first-order valence-electron chi connectivity index (χ1n) is 6.05. The summed E-state index contributed by atoms with van der Waals surface area (Å²) >= 11 is 3.03. The summed E-state index contributed by atoms with van der Waals surface area (Å²) in [5.74, 6) is 0.326. The molecule has 1 atom stereocenters. The number of nitro groups is 1. The summed E-state index contributed by atoms with van der Waals surface area (Å²) in [5.41, 5.74) is -1.08. The number of rotatable bonds is 4. The van der Waals surface area contributed by atoms with Gasteiger partial charge in [0.05, 0.1) is 15.6 Å². The van der Waals surface area contributed by atoms with Gasteiger partial charge in [0.1, 0.15) is 5.78 Å². The number of carbonyl (C=O) groups is 1. The Hall–Kier alpha value is -1.50. The van der Waals surface area contributed by atoms with Crippen molar-refractivity contribution in [2.45, 2.75) is 32.2 Å². The molecule has 0 bridgehead atoms. The molecule has 6 nitrogen and oxygen atoms in total. The van der Waals surface area contributed by atoms with Crippen molar-refractivity contribution in [1.29, 1.82) is 0 Å². The van der Waals surface area contributed by atoms with E-state index in [2.05, 4.69) is 15.9 Å². The van der Waals surface area contributed by atoms with Crippen LogP contribution in [-0.4, -0.2) is 15.3 Å².